The maximum absolute atomic E-state index is 14.9. The van der Waals surface area contributed by atoms with Crippen LogP contribution >= 0.6 is 0 Å². The van der Waals surface area contributed by atoms with Crippen molar-refractivity contribution < 1.29 is 22.8 Å². The van der Waals surface area contributed by atoms with Gasteiger partial charge in [-0.05, 0) is 62.6 Å². The summed E-state index contributed by atoms with van der Waals surface area (Å²) in [5.41, 5.74) is 1.41. The van der Waals surface area contributed by atoms with E-state index in [4.69, 9.17) is 0 Å². The van der Waals surface area contributed by atoms with Crippen LogP contribution in [0.2, 0.25) is 0 Å². The Bertz CT molecular complexity index is 1590. The predicted molar refractivity (Wildman–Crippen MR) is 161 cm³/mol. The van der Waals surface area contributed by atoms with Crippen molar-refractivity contribution in [2.24, 2.45) is 0 Å². The zero-order valence-electron chi connectivity index (χ0n) is 24.2. The summed E-state index contributed by atoms with van der Waals surface area (Å²) >= 11 is 0. The van der Waals surface area contributed by atoms with Crippen LogP contribution < -0.4 is 20.9 Å². The number of aromatic nitrogens is 2. The van der Waals surface area contributed by atoms with Crippen molar-refractivity contribution in [2.75, 3.05) is 42.7 Å². The molecular weight excluding hydrogens is 559 g/mol. The molecule has 0 atom stereocenters. The van der Waals surface area contributed by atoms with Crippen LogP contribution in [0, 0.1) is 17.5 Å². The molecule has 9 nitrogen and oxygen atoms in total. The van der Waals surface area contributed by atoms with Crippen molar-refractivity contribution in [3.05, 3.63) is 95.3 Å². The second-order valence-corrected chi connectivity index (χ2v) is 9.53. The van der Waals surface area contributed by atoms with Crippen molar-refractivity contribution in [3.63, 3.8) is 0 Å². The van der Waals surface area contributed by atoms with E-state index >= 15 is 0 Å². The van der Waals surface area contributed by atoms with E-state index in [1.54, 1.807) is 24.3 Å². The lowest BCUT2D eigenvalue weighted by Gasteiger charge is -2.30. The van der Waals surface area contributed by atoms with Gasteiger partial charge in [0.25, 0.3) is 5.91 Å². The largest absolute Gasteiger partial charge is 0.353 e. The predicted octanol–water partition coefficient (Wildman–Crippen LogP) is 6.17. The summed E-state index contributed by atoms with van der Waals surface area (Å²) < 4.78 is 43.0. The monoisotopic (exact) mass is 591 g/mol. The van der Waals surface area contributed by atoms with E-state index in [1.165, 1.54) is 30.3 Å². The van der Waals surface area contributed by atoms with E-state index in [-0.39, 0.29) is 23.9 Å². The topological polar surface area (TPSA) is 102 Å². The van der Waals surface area contributed by atoms with Gasteiger partial charge in [0, 0.05) is 35.5 Å². The molecule has 0 spiro atoms. The minimum Gasteiger partial charge on any atom is -0.353 e. The summed E-state index contributed by atoms with van der Waals surface area (Å²) in [7, 11) is 3.80. The first-order chi connectivity index (χ1) is 20.7. The van der Waals surface area contributed by atoms with Crippen molar-refractivity contribution in [2.45, 2.75) is 20.4 Å². The Morgan fingerprint density at radius 3 is 2.33 bits per heavy atom. The minimum absolute atomic E-state index is 0.0104. The molecule has 0 saturated carbocycles. The number of nitrogens with one attached hydrogen (secondary N) is 3. The summed E-state index contributed by atoms with van der Waals surface area (Å²) in [6, 6.07) is 14.5. The molecule has 43 heavy (non-hydrogen) atoms. The van der Waals surface area contributed by atoms with Gasteiger partial charge in [-0.25, -0.2) is 27.8 Å². The molecule has 0 fully saturated rings. The molecule has 0 aliphatic carbocycles. The van der Waals surface area contributed by atoms with E-state index in [0.717, 1.165) is 17.0 Å². The first kappa shape index (κ1) is 31.0. The van der Waals surface area contributed by atoms with Crippen LogP contribution in [0.25, 0.3) is 11.3 Å². The van der Waals surface area contributed by atoms with Gasteiger partial charge < -0.3 is 20.9 Å². The number of para-hydroxylation sites is 1. The molecule has 0 saturated heterocycles. The quantitative estimate of drug-likeness (QED) is 0.226. The van der Waals surface area contributed by atoms with Gasteiger partial charge in [0.05, 0.1) is 12.2 Å². The fraction of sp³-hybridized carbons (Fsp3) is 0.226. The van der Waals surface area contributed by atoms with E-state index in [9.17, 15) is 22.8 Å². The highest BCUT2D eigenvalue weighted by atomic mass is 19.1. The number of anilines is 4. The zero-order chi connectivity index (χ0) is 31.1. The highest BCUT2D eigenvalue weighted by molar-refractivity contribution is 6.05. The van der Waals surface area contributed by atoms with Gasteiger partial charge >= 0.3 is 6.03 Å². The van der Waals surface area contributed by atoms with Gasteiger partial charge in [-0.1, -0.05) is 32.0 Å². The normalized spacial score (nSPS) is 12.2. The minimum atomic E-state index is -0.935. The Morgan fingerprint density at radius 1 is 0.977 bits per heavy atom. The number of rotatable bonds is 8. The van der Waals surface area contributed by atoms with E-state index in [0.29, 0.717) is 35.6 Å². The fourth-order valence-corrected chi connectivity index (χ4v) is 4.32. The molecule has 0 unspecified atom stereocenters. The number of carbonyl (C=O) groups is 2. The Labute approximate surface area is 247 Å². The number of amides is 3. The Balaban J connectivity index is 0.00000207. The molecule has 1 aromatic heterocycles. The second kappa shape index (κ2) is 13.8. The number of hydrogen-bond acceptors (Lipinski definition) is 6. The van der Waals surface area contributed by atoms with Gasteiger partial charge in [0.15, 0.2) is 5.82 Å². The second-order valence-electron chi connectivity index (χ2n) is 9.53. The molecule has 2 heterocycles. The summed E-state index contributed by atoms with van der Waals surface area (Å²) in [5.74, 6) is -2.59. The molecule has 3 N–H and O–H groups in total. The number of urea groups is 1. The molecule has 5 rings (SSSR count). The molecule has 224 valence electrons. The van der Waals surface area contributed by atoms with Gasteiger partial charge in [-0.2, -0.15) is 4.98 Å². The van der Waals surface area contributed by atoms with Crippen LogP contribution in [-0.2, 0) is 6.54 Å². The van der Waals surface area contributed by atoms with Crippen molar-refractivity contribution in [3.8, 4) is 11.3 Å². The Hall–Kier alpha value is -4.97. The van der Waals surface area contributed by atoms with Gasteiger partial charge in [0.1, 0.15) is 23.1 Å². The van der Waals surface area contributed by atoms with Gasteiger partial charge in [-0.3, -0.25) is 4.79 Å². The lowest BCUT2D eigenvalue weighted by Crippen LogP contribution is -2.43. The first-order valence-corrected chi connectivity index (χ1v) is 13.7. The molecule has 0 radical (unpaired) electrons. The molecule has 1 aliphatic rings. The summed E-state index contributed by atoms with van der Waals surface area (Å²) in [4.78, 5) is 37.9. The molecule has 12 heteroatoms. The van der Waals surface area contributed by atoms with Crippen LogP contribution in [0.15, 0.2) is 66.7 Å². The number of nitrogens with zero attached hydrogens (tertiary/aromatic N) is 4. The number of halogens is 3. The highest BCUT2D eigenvalue weighted by Crippen LogP contribution is 2.38. The summed E-state index contributed by atoms with van der Waals surface area (Å²) in [6.45, 7) is 5.08. The zero-order valence-corrected chi connectivity index (χ0v) is 24.2. The summed E-state index contributed by atoms with van der Waals surface area (Å²) in [5, 5.41) is 8.47. The SMILES string of the molecule is CC.CN(C)CCNc1nc(-c2cccc(C(=O)Nc3ccc(F)cc3)c2)c2c(n1)N(c1c(F)cccc1F)C(=O)NC2. The van der Waals surface area contributed by atoms with Crippen LogP contribution in [0.5, 0.6) is 0 Å². The third-order valence-corrected chi connectivity index (χ3v) is 6.32. The third kappa shape index (κ3) is 7.09. The average molecular weight is 592 g/mol. The van der Waals surface area contributed by atoms with Gasteiger partial charge in [0.2, 0.25) is 5.95 Å². The molecule has 1 aliphatic heterocycles. The first-order valence-electron chi connectivity index (χ1n) is 13.7. The molecule has 4 aromatic rings. The fourth-order valence-electron chi connectivity index (χ4n) is 4.32. The highest BCUT2D eigenvalue weighted by Gasteiger charge is 2.34. The number of fused-ring (bicyclic) bond motifs is 1. The van der Waals surface area contributed by atoms with Crippen LogP contribution in [0.4, 0.5) is 41.1 Å². The van der Waals surface area contributed by atoms with Crippen LogP contribution in [0.3, 0.4) is 0 Å². The molecule has 3 aromatic carbocycles. The molecular formula is C31H32F3N7O2. The van der Waals surface area contributed by atoms with Gasteiger partial charge in [-0.15, -0.1) is 0 Å². The van der Waals surface area contributed by atoms with Crippen molar-refractivity contribution in [1.82, 2.24) is 20.2 Å². The smallest absolute Gasteiger partial charge is 0.328 e. The summed E-state index contributed by atoms with van der Waals surface area (Å²) in [6.07, 6.45) is 0. The van der Waals surface area contributed by atoms with Crippen molar-refractivity contribution >= 4 is 35.1 Å². The number of hydrogen-bond donors (Lipinski definition) is 3. The maximum atomic E-state index is 14.9. The molecule has 3 amide bonds. The van der Waals surface area contributed by atoms with Crippen LogP contribution in [-0.4, -0.2) is 54.0 Å². The number of benzene rings is 3. The maximum Gasteiger partial charge on any atom is 0.328 e. The number of likely N-dealkylation sites (N-methyl/N-ethyl adjacent to an activating group) is 1. The standard InChI is InChI=1S/C29H26F3N7O2.C2H6/c1-38(2)14-13-33-28-36-24(17-5-3-6-18(15-17)27(40)35-20-11-9-19(30)10-12-20)21-16-34-29(41)39(26(21)37-28)25-22(31)7-4-8-23(25)32;1-2/h3-12,15H,13-14,16H2,1-2H3,(H,34,41)(H,35,40)(H,33,36,37);1-2H3. The molecule has 0 bridgehead atoms. The Morgan fingerprint density at radius 2 is 1.65 bits per heavy atom. The van der Waals surface area contributed by atoms with Crippen LogP contribution in [0.1, 0.15) is 29.8 Å². The van der Waals surface area contributed by atoms with E-state index < -0.39 is 35.1 Å². The third-order valence-electron chi connectivity index (χ3n) is 6.32. The lowest BCUT2D eigenvalue weighted by molar-refractivity contribution is 0.102. The van der Waals surface area contributed by atoms with Crippen molar-refractivity contribution in [1.29, 1.82) is 0 Å². The van der Waals surface area contributed by atoms with E-state index in [1.807, 2.05) is 32.8 Å². The number of carbonyl (C=O) groups excluding carboxylic acids is 2. The van der Waals surface area contributed by atoms with E-state index in [2.05, 4.69) is 25.9 Å². The Kier molecular flexibility index (Phi) is 9.94. The average Bonchev–Trinajstić information content (AvgIpc) is 2.99. The lowest BCUT2D eigenvalue weighted by atomic mass is 10.0.